The number of benzene rings is 1. The molecule has 0 bridgehead atoms. The van der Waals surface area contributed by atoms with E-state index in [9.17, 15) is 0 Å². The molecule has 1 N–H and O–H groups in total. The molecule has 0 aliphatic heterocycles. The molecule has 1 aromatic heterocycles. The van der Waals surface area contributed by atoms with E-state index in [4.69, 9.17) is 0 Å². The zero-order chi connectivity index (χ0) is 13.1. The summed E-state index contributed by atoms with van der Waals surface area (Å²) in [5.41, 5.74) is 2.66. The summed E-state index contributed by atoms with van der Waals surface area (Å²) in [6.45, 7) is 2.14. The standard InChI is InChI=1S/C14H15Br2NS/c1-9-7-13(18-14(9)16)12(17-2)8-10-3-5-11(15)6-4-10/h3-7,12,17H,8H2,1-2H3. The third kappa shape index (κ3) is 3.44. The number of rotatable bonds is 4. The molecule has 1 atom stereocenters. The summed E-state index contributed by atoms with van der Waals surface area (Å²) >= 11 is 8.87. The molecule has 1 heterocycles. The second kappa shape index (κ2) is 6.33. The smallest absolute Gasteiger partial charge is 0.0731 e. The number of hydrogen-bond acceptors (Lipinski definition) is 2. The van der Waals surface area contributed by atoms with Crippen LogP contribution in [0, 0.1) is 6.92 Å². The lowest BCUT2D eigenvalue weighted by atomic mass is 10.0. The van der Waals surface area contributed by atoms with Crippen molar-refractivity contribution in [2.45, 2.75) is 19.4 Å². The predicted molar refractivity (Wildman–Crippen MR) is 86.4 cm³/mol. The molecule has 0 fully saturated rings. The molecule has 4 heteroatoms. The van der Waals surface area contributed by atoms with Crippen LogP contribution in [0.5, 0.6) is 0 Å². The highest BCUT2D eigenvalue weighted by Gasteiger charge is 2.14. The maximum atomic E-state index is 3.59. The Morgan fingerprint density at radius 2 is 1.89 bits per heavy atom. The molecule has 96 valence electrons. The van der Waals surface area contributed by atoms with Crippen molar-refractivity contribution in [1.29, 1.82) is 0 Å². The molecule has 0 aliphatic rings. The van der Waals surface area contributed by atoms with E-state index < -0.39 is 0 Å². The Balaban J connectivity index is 2.16. The van der Waals surface area contributed by atoms with Gasteiger partial charge in [0.25, 0.3) is 0 Å². The van der Waals surface area contributed by atoms with E-state index >= 15 is 0 Å². The Hall–Kier alpha value is -0.160. The number of thiophene rings is 1. The molecule has 1 aromatic carbocycles. The van der Waals surface area contributed by atoms with Crippen molar-refractivity contribution in [3.05, 3.63) is 54.6 Å². The van der Waals surface area contributed by atoms with Crippen LogP contribution in [0.4, 0.5) is 0 Å². The zero-order valence-corrected chi connectivity index (χ0v) is 14.3. The number of nitrogens with one attached hydrogen (secondary N) is 1. The summed E-state index contributed by atoms with van der Waals surface area (Å²) in [7, 11) is 2.02. The summed E-state index contributed by atoms with van der Waals surface area (Å²) < 4.78 is 2.36. The first-order chi connectivity index (χ1) is 8.60. The van der Waals surface area contributed by atoms with Gasteiger partial charge in [-0.15, -0.1) is 11.3 Å². The minimum atomic E-state index is 0.376. The van der Waals surface area contributed by atoms with Crippen LogP contribution >= 0.6 is 43.2 Å². The van der Waals surface area contributed by atoms with E-state index in [0.717, 1.165) is 10.9 Å². The minimum absolute atomic E-state index is 0.376. The van der Waals surface area contributed by atoms with E-state index in [0.29, 0.717) is 6.04 Å². The van der Waals surface area contributed by atoms with E-state index in [1.807, 2.05) is 18.4 Å². The van der Waals surface area contributed by atoms with Gasteiger partial charge in [-0.25, -0.2) is 0 Å². The lowest BCUT2D eigenvalue weighted by molar-refractivity contribution is 0.602. The van der Waals surface area contributed by atoms with E-state index in [1.165, 1.54) is 19.8 Å². The highest BCUT2D eigenvalue weighted by molar-refractivity contribution is 9.11. The Labute approximate surface area is 129 Å². The highest BCUT2D eigenvalue weighted by atomic mass is 79.9. The predicted octanol–water partition coefficient (Wildman–Crippen LogP) is 5.08. The summed E-state index contributed by atoms with van der Waals surface area (Å²) in [5, 5.41) is 3.40. The molecular formula is C14H15Br2NS. The summed E-state index contributed by atoms with van der Waals surface area (Å²) in [6.07, 6.45) is 1.01. The van der Waals surface area contributed by atoms with Gasteiger partial charge in [-0.05, 0) is 65.6 Å². The lowest BCUT2D eigenvalue weighted by Gasteiger charge is -2.14. The average Bonchev–Trinajstić information content (AvgIpc) is 2.69. The van der Waals surface area contributed by atoms with Crippen LogP contribution in [-0.2, 0) is 6.42 Å². The summed E-state index contributed by atoms with van der Waals surface area (Å²) in [5.74, 6) is 0. The maximum absolute atomic E-state index is 3.59. The maximum Gasteiger partial charge on any atom is 0.0731 e. The summed E-state index contributed by atoms with van der Waals surface area (Å²) in [4.78, 5) is 1.38. The molecule has 0 saturated heterocycles. The van der Waals surface area contributed by atoms with Gasteiger partial charge in [0, 0.05) is 15.4 Å². The third-order valence-corrected chi connectivity index (χ3v) is 5.70. The van der Waals surface area contributed by atoms with Gasteiger partial charge >= 0.3 is 0 Å². The highest BCUT2D eigenvalue weighted by Crippen LogP contribution is 2.32. The minimum Gasteiger partial charge on any atom is -0.312 e. The van der Waals surface area contributed by atoms with Crippen molar-refractivity contribution >= 4 is 43.2 Å². The van der Waals surface area contributed by atoms with Crippen LogP contribution in [0.2, 0.25) is 0 Å². The fourth-order valence-corrected chi connectivity index (χ4v) is 3.80. The Morgan fingerprint density at radius 3 is 2.39 bits per heavy atom. The number of likely N-dealkylation sites (N-methyl/N-ethyl adjacent to an activating group) is 1. The van der Waals surface area contributed by atoms with Crippen molar-refractivity contribution in [1.82, 2.24) is 5.32 Å². The topological polar surface area (TPSA) is 12.0 Å². The van der Waals surface area contributed by atoms with E-state index in [-0.39, 0.29) is 0 Å². The molecule has 2 aromatic rings. The van der Waals surface area contributed by atoms with Gasteiger partial charge in [-0.2, -0.15) is 0 Å². The third-order valence-electron chi connectivity index (χ3n) is 2.92. The first-order valence-corrected chi connectivity index (χ1v) is 8.18. The average molecular weight is 389 g/mol. The Morgan fingerprint density at radius 1 is 1.22 bits per heavy atom. The molecule has 1 nitrogen and oxygen atoms in total. The second-order valence-corrected chi connectivity index (χ2v) is 7.59. The van der Waals surface area contributed by atoms with Crippen LogP contribution in [0.25, 0.3) is 0 Å². The monoisotopic (exact) mass is 387 g/mol. The van der Waals surface area contributed by atoms with Crippen LogP contribution in [0.15, 0.2) is 38.6 Å². The number of aryl methyl sites for hydroxylation is 1. The molecule has 18 heavy (non-hydrogen) atoms. The van der Waals surface area contributed by atoms with Gasteiger partial charge in [-0.1, -0.05) is 28.1 Å². The second-order valence-electron chi connectivity index (χ2n) is 4.28. The van der Waals surface area contributed by atoms with Gasteiger partial charge in [0.05, 0.1) is 3.79 Å². The van der Waals surface area contributed by atoms with Crippen LogP contribution < -0.4 is 5.32 Å². The van der Waals surface area contributed by atoms with E-state index in [2.05, 4.69) is 74.4 Å². The first kappa shape index (κ1) is 14.3. The fraction of sp³-hybridized carbons (Fsp3) is 0.286. The fourth-order valence-electron chi connectivity index (χ4n) is 1.86. The molecule has 2 rings (SSSR count). The van der Waals surface area contributed by atoms with Gasteiger partial charge < -0.3 is 5.32 Å². The molecule has 1 unspecified atom stereocenters. The van der Waals surface area contributed by atoms with Gasteiger partial charge in [0.15, 0.2) is 0 Å². The molecule has 0 aliphatic carbocycles. The van der Waals surface area contributed by atoms with Crippen LogP contribution in [0.3, 0.4) is 0 Å². The summed E-state index contributed by atoms with van der Waals surface area (Å²) in [6, 6.07) is 11.2. The van der Waals surface area contributed by atoms with Gasteiger partial charge in [0.2, 0.25) is 0 Å². The number of hydrogen-bond donors (Lipinski definition) is 1. The zero-order valence-electron chi connectivity index (χ0n) is 10.3. The Kier molecular flexibility index (Phi) is 5.01. The molecule has 0 saturated carbocycles. The molecule has 0 radical (unpaired) electrons. The SMILES string of the molecule is CNC(Cc1ccc(Br)cc1)c1cc(C)c(Br)s1. The van der Waals surface area contributed by atoms with Gasteiger partial charge in [0.1, 0.15) is 0 Å². The van der Waals surface area contributed by atoms with Crippen molar-refractivity contribution in [3.63, 3.8) is 0 Å². The lowest BCUT2D eigenvalue weighted by Crippen LogP contribution is -2.17. The first-order valence-electron chi connectivity index (χ1n) is 5.77. The molecule has 0 spiro atoms. The van der Waals surface area contributed by atoms with Gasteiger partial charge in [-0.3, -0.25) is 0 Å². The quantitative estimate of drug-likeness (QED) is 0.769. The molecular weight excluding hydrogens is 374 g/mol. The van der Waals surface area contributed by atoms with Crippen LogP contribution in [-0.4, -0.2) is 7.05 Å². The van der Waals surface area contributed by atoms with Crippen molar-refractivity contribution < 1.29 is 0 Å². The normalized spacial score (nSPS) is 12.7. The van der Waals surface area contributed by atoms with Crippen LogP contribution in [0.1, 0.15) is 22.0 Å². The largest absolute Gasteiger partial charge is 0.312 e. The van der Waals surface area contributed by atoms with Crippen molar-refractivity contribution in [2.75, 3.05) is 7.05 Å². The number of halogens is 2. The molecule has 0 amide bonds. The van der Waals surface area contributed by atoms with E-state index in [1.54, 1.807) is 0 Å². The van der Waals surface area contributed by atoms with Crippen molar-refractivity contribution in [3.8, 4) is 0 Å². The Bertz CT molecular complexity index is 500. The van der Waals surface area contributed by atoms with Crippen molar-refractivity contribution in [2.24, 2.45) is 0 Å².